The molecule has 0 atom stereocenters. The van der Waals surface area contributed by atoms with Gasteiger partial charge in [-0.2, -0.15) is 5.10 Å². The van der Waals surface area contributed by atoms with Crippen molar-refractivity contribution in [3.63, 3.8) is 0 Å². The van der Waals surface area contributed by atoms with Crippen LogP contribution in [-0.2, 0) is 20.0 Å². The van der Waals surface area contributed by atoms with Crippen LogP contribution < -0.4 is 10.6 Å². The fourth-order valence-electron chi connectivity index (χ4n) is 1.86. The van der Waals surface area contributed by atoms with Crippen molar-refractivity contribution in [2.75, 3.05) is 17.2 Å². The Kier molecular flexibility index (Phi) is 4.49. The minimum atomic E-state index is 0.549. The molecule has 2 aromatic rings. The van der Waals surface area contributed by atoms with Gasteiger partial charge in [-0.3, -0.25) is 4.68 Å². The number of anilines is 2. The Balaban J connectivity index is 2.19. The quantitative estimate of drug-likeness (QED) is 0.832. The Morgan fingerprint density at radius 3 is 2.35 bits per heavy atom. The minimum absolute atomic E-state index is 0.549. The molecular weight excluding hydrogens is 254 g/mol. The standard InChI is InChI=1S/C13H21N7/c1-5-10-17-12(14-6-2)9(3)13(18-10)15-7-11-16-8-20(4)19-11/h8H,5-7H2,1-4H3,(H2,14,15,17,18). The van der Waals surface area contributed by atoms with Crippen molar-refractivity contribution in [3.05, 3.63) is 23.5 Å². The van der Waals surface area contributed by atoms with Gasteiger partial charge in [-0.15, -0.1) is 0 Å². The monoisotopic (exact) mass is 275 g/mol. The van der Waals surface area contributed by atoms with Gasteiger partial charge >= 0.3 is 0 Å². The zero-order valence-corrected chi connectivity index (χ0v) is 12.4. The van der Waals surface area contributed by atoms with Gasteiger partial charge in [-0.25, -0.2) is 15.0 Å². The van der Waals surface area contributed by atoms with Crippen LogP contribution in [0.4, 0.5) is 11.6 Å². The van der Waals surface area contributed by atoms with Gasteiger partial charge in [0.15, 0.2) is 5.82 Å². The van der Waals surface area contributed by atoms with Crippen LogP contribution in [0.2, 0.25) is 0 Å². The summed E-state index contributed by atoms with van der Waals surface area (Å²) in [5.41, 5.74) is 1.01. The van der Waals surface area contributed by atoms with Crippen molar-refractivity contribution in [2.45, 2.75) is 33.7 Å². The van der Waals surface area contributed by atoms with Gasteiger partial charge in [0.25, 0.3) is 0 Å². The molecule has 7 heteroatoms. The number of hydrogen-bond acceptors (Lipinski definition) is 6. The summed E-state index contributed by atoms with van der Waals surface area (Å²) in [4.78, 5) is 13.2. The number of nitrogens with one attached hydrogen (secondary N) is 2. The number of aryl methyl sites for hydroxylation is 2. The summed E-state index contributed by atoms with van der Waals surface area (Å²) in [6.07, 6.45) is 2.49. The van der Waals surface area contributed by atoms with Crippen LogP contribution in [0.3, 0.4) is 0 Å². The highest BCUT2D eigenvalue weighted by Crippen LogP contribution is 2.20. The van der Waals surface area contributed by atoms with Gasteiger partial charge in [-0.05, 0) is 13.8 Å². The molecule has 0 bridgehead atoms. The summed E-state index contributed by atoms with van der Waals surface area (Å²) in [6.45, 7) is 7.49. The van der Waals surface area contributed by atoms with E-state index in [1.807, 2.05) is 20.9 Å². The molecule has 0 saturated heterocycles. The topological polar surface area (TPSA) is 80.5 Å². The van der Waals surface area contributed by atoms with Gasteiger partial charge in [0.05, 0.1) is 6.54 Å². The van der Waals surface area contributed by atoms with Gasteiger partial charge in [-0.1, -0.05) is 6.92 Å². The predicted molar refractivity (Wildman–Crippen MR) is 78.6 cm³/mol. The second-order valence-electron chi connectivity index (χ2n) is 4.53. The predicted octanol–water partition coefficient (Wildman–Crippen LogP) is 1.52. The molecule has 108 valence electrons. The molecule has 0 radical (unpaired) electrons. The minimum Gasteiger partial charge on any atom is -0.370 e. The molecule has 20 heavy (non-hydrogen) atoms. The first-order valence-electron chi connectivity index (χ1n) is 6.83. The third-order valence-corrected chi connectivity index (χ3v) is 2.91. The summed E-state index contributed by atoms with van der Waals surface area (Å²) >= 11 is 0. The molecule has 2 N–H and O–H groups in total. The molecule has 2 heterocycles. The summed E-state index contributed by atoms with van der Waals surface area (Å²) in [6, 6.07) is 0. The van der Waals surface area contributed by atoms with Crippen molar-refractivity contribution in [1.29, 1.82) is 0 Å². The first kappa shape index (κ1) is 14.2. The van der Waals surface area contributed by atoms with Crippen molar-refractivity contribution in [1.82, 2.24) is 24.7 Å². The van der Waals surface area contributed by atoms with E-state index in [9.17, 15) is 0 Å². The molecule has 7 nitrogen and oxygen atoms in total. The number of rotatable bonds is 6. The van der Waals surface area contributed by atoms with Gasteiger partial charge < -0.3 is 10.6 Å². The van der Waals surface area contributed by atoms with E-state index in [1.54, 1.807) is 11.0 Å². The molecule has 2 aromatic heterocycles. The maximum Gasteiger partial charge on any atom is 0.169 e. The summed E-state index contributed by atoms with van der Waals surface area (Å²) < 4.78 is 1.69. The molecular formula is C13H21N7. The van der Waals surface area contributed by atoms with Crippen molar-refractivity contribution < 1.29 is 0 Å². The lowest BCUT2D eigenvalue weighted by Gasteiger charge is -2.13. The smallest absolute Gasteiger partial charge is 0.169 e. The van der Waals surface area contributed by atoms with Crippen LogP contribution in [0.15, 0.2) is 6.33 Å². The van der Waals surface area contributed by atoms with E-state index in [0.717, 1.165) is 41.8 Å². The Hall–Kier alpha value is -2.18. The van der Waals surface area contributed by atoms with E-state index >= 15 is 0 Å². The molecule has 0 saturated carbocycles. The van der Waals surface area contributed by atoms with E-state index in [1.165, 1.54) is 0 Å². The van der Waals surface area contributed by atoms with Crippen molar-refractivity contribution >= 4 is 11.6 Å². The van der Waals surface area contributed by atoms with E-state index in [4.69, 9.17) is 0 Å². The highest BCUT2D eigenvalue weighted by Gasteiger charge is 2.10. The molecule has 0 spiro atoms. The summed E-state index contributed by atoms with van der Waals surface area (Å²) in [5.74, 6) is 3.28. The lowest BCUT2D eigenvalue weighted by atomic mass is 10.3. The highest BCUT2D eigenvalue weighted by atomic mass is 15.3. The molecule has 0 aliphatic rings. The number of hydrogen-bond donors (Lipinski definition) is 2. The van der Waals surface area contributed by atoms with Crippen LogP contribution in [0.25, 0.3) is 0 Å². The average Bonchev–Trinajstić information content (AvgIpc) is 2.85. The summed E-state index contributed by atoms with van der Waals surface area (Å²) in [5, 5.41) is 10.8. The van der Waals surface area contributed by atoms with Gasteiger partial charge in [0.2, 0.25) is 0 Å². The molecule has 0 fully saturated rings. The first-order chi connectivity index (χ1) is 9.63. The Morgan fingerprint density at radius 1 is 1.10 bits per heavy atom. The van der Waals surface area contributed by atoms with E-state index in [2.05, 4.69) is 37.6 Å². The Morgan fingerprint density at radius 2 is 1.80 bits per heavy atom. The normalized spacial score (nSPS) is 10.6. The molecule has 2 rings (SSSR count). The summed E-state index contributed by atoms with van der Waals surface area (Å²) in [7, 11) is 1.85. The van der Waals surface area contributed by atoms with Crippen LogP contribution in [0, 0.1) is 6.92 Å². The highest BCUT2D eigenvalue weighted by molar-refractivity contribution is 5.57. The number of nitrogens with zero attached hydrogens (tertiary/aromatic N) is 5. The molecule has 0 aromatic carbocycles. The van der Waals surface area contributed by atoms with Crippen LogP contribution in [-0.4, -0.2) is 31.3 Å². The zero-order valence-electron chi connectivity index (χ0n) is 12.4. The van der Waals surface area contributed by atoms with E-state index in [0.29, 0.717) is 6.54 Å². The van der Waals surface area contributed by atoms with Crippen LogP contribution in [0.5, 0.6) is 0 Å². The van der Waals surface area contributed by atoms with E-state index in [-0.39, 0.29) is 0 Å². The first-order valence-corrected chi connectivity index (χ1v) is 6.83. The largest absolute Gasteiger partial charge is 0.370 e. The Labute approximate surface area is 118 Å². The molecule has 0 aliphatic heterocycles. The average molecular weight is 275 g/mol. The maximum absolute atomic E-state index is 4.53. The lowest BCUT2D eigenvalue weighted by Crippen LogP contribution is -2.11. The molecule has 0 unspecified atom stereocenters. The fraction of sp³-hybridized carbons (Fsp3) is 0.538. The fourth-order valence-corrected chi connectivity index (χ4v) is 1.86. The van der Waals surface area contributed by atoms with Crippen LogP contribution in [0.1, 0.15) is 31.1 Å². The molecule has 0 amide bonds. The zero-order chi connectivity index (χ0) is 14.5. The Bertz CT molecular complexity index is 576. The van der Waals surface area contributed by atoms with Crippen molar-refractivity contribution in [2.24, 2.45) is 7.05 Å². The van der Waals surface area contributed by atoms with Gasteiger partial charge in [0, 0.05) is 25.6 Å². The third-order valence-electron chi connectivity index (χ3n) is 2.91. The maximum atomic E-state index is 4.53. The van der Waals surface area contributed by atoms with Gasteiger partial charge in [0.1, 0.15) is 23.8 Å². The van der Waals surface area contributed by atoms with Crippen LogP contribution >= 0.6 is 0 Å². The second kappa shape index (κ2) is 6.31. The number of aromatic nitrogens is 5. The second-order valence-corrected chi connectivity index (χ2v) is 4.53. The lowest BCUT2D eigenvalue weighted by molar-refractivity contribution is 0.746. The van der Waals surface area contributed by atoms with Crippen molar-refractivity contribution in [3.8, 4) is 0 Å². The third kappa shape index (κ3) is 3.23. The van der Waals surface area contributed by atoms with E-state index < -0.39 is 0 Å². The molecule has 0 aliphatic carbocycles. The SMILES string of the molecule is CCNc1nc(CC)nc(NCc2ncn(C)n2)c1C.